The Morgan fingerprint density at radius 3 is 1.49 bits per heavy atom. The molecule has 5 aromatic carbocycles. The van der Waals surface area contributed by atoms with Gasteiger partial charge in [-0.05, 0) is 85.8 Å². The average Bonchev–Trinajstić information content (AvgIpc) is 3.20. The molecule has 1 fully saturated rings. The standard InChI is InChI=1S/C41H34O16/c42-27-12-11-22(16-31(27)55-40(51)23-13-28(43)35(46)32(17-23)53-20-21-7-3-1-4-8-21)38(49)56-33-19-25(15-30(45)36(33)47)41(52)57-34-18-24(14-29(44)37(34)48)39(50)54-26-9-5-2-6-10-26/h1,3-4,7-8,11-19,26,42-48H,2,5-6,9-10,20H2. The van der Waals surface area contributed by atoms with Crippen molar-refractivity contribution in [2.75, 3.05) is 0 Å². The fourth-order valence-electron chi connectivity index (χ4n) is 5.74. The molecule has 16 heteroatoms. The zero-order valence-electron chi connectivity index (χ0n) is 29.7. The molecule has 0 amide bonds. The van der Waals surface area contributed by atoms with Crippen molar-refractivity contribution in [3.8, 4) is 63.2 Å². The maximum atomic E-state index is 13.2. The van der Waals surface area contributed by atoms with Gasteiger partial charge in [-0.1, -0.05) is 36.8 Å². The summed E-state index contributed by atoms with van der Waals surface area (Å²) in [6.45, 7) is -0.0188. The van der Waals surface area contributed by atoms with E-state index in [0.717, 1.165) is 79.4 Å². The van der Waals surface area contributed by atoms with Gasteiger partial charge in [0.2, 0.25) is 17.2 Å². The molecule has 1 saturated carbocycles. The minimum Gasteiger partial charge on any atom is -0.504 e. The number of hydrogen-bond donors (Lipinski definition) is 7. The summed E-state index contributed by atoms with van der Waals surface area (Å²) in [5, 5.41) is 72.3. The number of ether oxygens (including phenoxy) is 5. The molecule has 0 heterocycles. The van der Waals surface area contributed by atoms with Gasteiger partial charge in [0.1, 0.15) is 12.7 Å². The second kappa shape index (κ2) is 16.8. The third-order valence-electron chi connectivity index (χ3n) is 8.74. The minimum absolute atomic E-state index is 0.0188. The molecule has 0 unspecified atom stereocenters. The molecule has 0 aliphatic heterocycles. The van der Waals surface area contributed by atoms with Crippen molar-refractivity contribution in [2.45, 2.75) is 44.8 Å². The van der Waals surface area contributed by atoms with Crippen molar-refractivity contribution >= 4 is 23.9 Å². The molecule has 1 aliphatic carbocycles. The first-order valence-electron chi connectivity index (χ1n) is 17.3. The van der Waals surface area contributed by atoms with E-state index in [1.165, 1.54) is 0 Å². The highest BCUT2D eigenvalue weighted by molar-refractivity contribution is 5.97. The highest BCUT2D eigenvalue weighted by Gasteiger charge is 2.26. The number of phenolic OH excluding ortho intramolecular Hbond substituents is 7. The maximum Gasteiger partial charge on any atom is 0.343 e. The molecule has 0 atom stereocenters. The lowest BCUT2D eigenvalue weighted by Gasteiger charge is -2.22. The lowest BCUT2D eigenvalue weighted by atomic mass is 9.98. The zero-order chi connectivity index (χ0) is 40.8. The van der Waals surface area contributed by atoms with Crippen LogP contribution in [-0.4, -0.2) is 65.7 Å². The molecule has 0 spiro atoms. The molecule has 57 heavy (non-hydrogen) atoms. The summed E-state index contributed by atoms with van der Waals surface area (Å²) in [7, 11) is 0. The third kappa shape index (κ3) is 9.20. The van der Waals surface area contributed by atoms with Crippen LogP contribution in [0.25, 0.3) is 0 Å². The number of rotatable bonds is 11. The van der Waals surface area contributed by atoms with Crippen LogP contribution in [0.2, 0.25) is 0 Å². The van der Waals surface area contributed by atoms with Crippen molar-refractivity contribution in [2.24, 2.45) is 0 Å². The van der Waals surface area contributed by atoms with E-state index >= 15 is 0 Å². The SMILES string of the molecule is O=C(Oc1cc(C(=O)Oc2cc(C(=O)Oc3cc(C(=O)OC4CCCCC4)cc(O)c3O)cc(O)c2O)ccc1O)c1cc(O)c(O)c(OCc2ccccc2)c1. The van der Waals surface area contributed by atoms with Gasteiger partial charge in [-0.2, -0.15) is 0 Å². The van der Waals surface area contributed by atoms with Gasteiger partial charge < -0.3 is 59.4 Å². The lowest BCUT2D eigenvalue weighted by Crippen LogP contribution is -2.21. The second-order valence-electron chi connectivity index (χ2n) is 12.8. The summed E-state index contributed by atoms with van der Waals surface area (Å²) < 4.78 is 26.7. The number of esters is 4. The Kier molecular flexibility index (Phi) is 11.5. The summed E-state index contributed by atoms with van der Waals surface area (Å²) in [6, 6.07) is 17.2. The summed E-state index contributed by atoms with van der Waals surface area (Å²) >= 11 is 0. The molecule has 0 bridgehead atoms. The predicted molar refractivity (Wildman–Crippen MR) is 195 cm³/mol. The van der Waals surface area contributed by atoms with Crippen LogP contribution in [0, 0.1) is 0 Å². The van der Waals surface area contributed by atoms with Crippen LogP contribution in [-0.2, 0) is 11.3 Å². The Hall–Kier alpha value is -7.62. The highest BCUT2D eigenvalue weighted by atomic mass is 16.6. The molecular formula is C41H34O16. The van der Waals surface area contributed by atoms with Crippen molar-refractivity contribution in [3.05, 3.63) is 113 Å². The van der Waals surface area contributed by atoms with Gasteiger partial charge in [-0.15, -0.1) is 0 Å². The Morgan fingerprint density at radius 2 is 0.930 bits per heavy atom. The molecule has 7 N–H and O–H groups in total. The average molecular weight is 783 g/mol. The highest BCUT2D eigenvalue weighted by Crippen LogP contribution is 2.41. The first-order valence-corrected chi connectivity index (χ1v) is 17.3. The quantitative estimate of drug-likeness (QED) is 0.0437. The number of carbonyl (C=O) groups excluding carboxylic acids is 4. The smallest absolute Gasteiger partial charge is 0.343 e. The fraction of sp³-hybridized carbons (Fsp3) is 0.171. The molecule has 5 aromatic rings. The monoisotopic (exact) mass is 782 g/mol. The number of benzene rings is 5. The summed E-state index contributed by atoms with van der Waals surface area (Å²) in [6.07, 6.45) is 3.77. The van der Waals surface area contributed by atoms with E-state index in [-0.39, 0.29) is 35.2 Å². The van der Waals surface area contributed by atoms with Crippen LogP contribution in [0.1, 0.15) is 79.1 Å². The number of hydrogen-bond acceptors (Lipinski definition) is 16. The van der Waals surface area contributed by atoms with Crippen LogP contribution in [0.3, 0.4) is 0 Å². The Labute approximate surface area is 322 Å². The number of phenols is 7. The molecule has 16 nitrogen and oxygen atoms in total. The van der Waals surface area contributed by atoms with Crippen molar-refractivity contribution < 1.29 is 78.6 Å². The molecule has 0 radical (unpaired) electrons. The first kappa shape index (κ1) is 39.1. The summed E-state index contributed by atoms with van der Waals surface area (Å²) in [5.74, 6) is -12.2. The Morgan fingerprint density at radius 1 is 0.474 bits per heavy atom. The lowest BCUT2D eigenvalue weighted by molar-refractivity contribution is 0.0209. The van der Waals surface area contributed by atoms with Crippen molar-refractivity contribution in [3.63, 3.8) is 0 Å². The first-order chi connectivity index (χ1) is 27.3. The van der Waals surface area contributed by atoms with E-state index in [4.69, 9.17) is 23.7 Å². The van der Waals surface area contributed by atoms with Gasteiger partial charge in [0.15, 0.2) is 46.0 Å². The van der Waals surface area contributed by atoms with Gasteiger partial charge in [0, 0.05) is 0 Å². The van der Waals surface area contributed by atoms with Gasteiger partial charge in [-0.3, -0.25) is 0 Å². The van der Waals surface area contributed by atoms with E-state index < -0.39 is 86.9 Å². The van der Waals surface area contributed by atoms with Crippen molar-refractivity contribution in [1.29, 1.82) is 0 Å². The molecule has 294 valence electrons. The fourth-order valence-corrected chi connectivity index (χ4v) is 5.74. The van der Waals surface area contributed by atoms with Crippen LogP contribution >= 0.6 is 0 Å². The van der Waals surface area contributed by atoms with E-state index in [9.17, 15) is 54.9 Å². The zero-order valence-corrected chi connectivity index (χ0v) is 29.7. The van der Waals surface area contributed by atoms with E-state index in [1.807, 2.05) is 0 Å². The van der Waals surface area contributed by atoms with Crippen LogP contribution < -0.4 is 18.9 Å². The summed E-state index contributed by atoms with van der Waals surface area (Å²) in [4.78, 5) is 52.1. The minimum atomic E-state index is -1.29. The molecule has 1 aliphatic rings. The largest absolute Gasteiger partial charge is 0.504 e. The number of aromatic hydroxyl groups is 7. The molecule has 0 saturated heterocycles. The topological polar surface area (TPSA) is 256 Å². The normalized spacial score (nSPS) is 12.6. The van der Waals surface area contributed by atoms with Crippen LogP contribution in [0.4, 0.5) is 0 Å². The molecule has 6 rings (SSSR count). The van der Waals surface area contributed by atoms with E-state index in [2.05, 4.69) is 0 Å². The maximum absolute atomic E-state index is 13.2. The van der Waals surface area contributed by atoms with Gasteiger partial charge in [0.05, 0.1) is 22.3 Å². The predicted octanol–water partition coefficient (Wildman–Crippen LogP) is 6.35. The second-order valence-corrected chi connectivity index (χ2v) is 12.8. The third-order valence-corrected chi connectivity index (χ3v) is 8.74. The molecular weight excluding hydrogens is 748 g/mol. The van der Waals surface area contributed by atoms with E-state index in [1.54, 1.807) is 30.3 Å². The molecule has 0 aromatic heterocycles. The number of carbonyl (C=O) groups is 4. The Balaban J connectivity index is 1.16. The van der Waals surface area contributed by atoms with Crippen molar-refractivity contribution in [1.82, 2.24) is 0 Å². The van der Waals surface area contributed by atoms with Gasteiger partial charge >= 0.3 is 23.9 Å². The van der Waals surface area contributed by atoms with Gasteiger partial charge in [-0.25, -0.2) is 19.2 Å². The van der Waals surface area contributed by atoms with Crippen LogP contribution in [0.15, 0.2) is 84.9 Å². The van der Waals surface area contributed by atoms with E-state index in [0.29, 0.717) is 12.8 Å². The van der Waals surface area contributed by atoms with Gasteiger partial charge in [0.25, 0.3) is 0 Å². The summed E-state index contributed by atoms with van der Waals surface area (Å²) in [5.41, 5.74) is -0.684. The van der Waals surface area contributed by atoms with Crippen LogP contribution in [0.5, 0.6) is 63.2 Å². The Bertz CT molecular complexity index is 2350.